The van der Waals surface area contributed by atoms with Crippen LogP contribution in [0.2, 0.25) is 0 Å². The Morgan fingerprint density at radius 1 is 1.00 bits per heavy atom. The number of fused-ring (bicyclic) bond motifs is 1. The van der Waals surface area contributed by atoms with E-state index in [1.54, 1.807) is 12.1 Å². The maximum atomic E-state index is 12.7. The number of nitrogens with zero attached hydrogens (tertiary/aromatic N) is 2. The lowest BCUT2D eigenvalue weighted by Crippen LogP contribution is -2.10. The van der Waals surface area contributed by atoms with Gasteiger partial charge in [-0.15, -0.1) is 0 Å². The Bertz CT molecular complexity index is 995. The first kappa shape index (κ1) is 20.5. The SMILES string of the molecule is COc1cc2nc(Nc3ccc(C(F)(F)F)cc3)nc(NCCO)c2cc1OC. The zero-order valence-electron chi connectivity index (χ0n) is 15.7. The molecule has 154 valence electrons. The fraction of sp³-hybridized carbons (Fsp3) is 0.263. The maximum Gasteiger partial charge on any atom is 0.416 e. The predicted octanol–water partition coefficient (Wildman–Crippen LogP) is 3.81. The molecule has 0 fully saturated rings. The highest BCUT2D eigenvalue weighted by atomic mass is 19.4. The molecule has 0 aliphatic heterocycles. The summed E-state index contributed by atoms with van der Waals surface area (Å²) in [6.07, 6.45) is -4.41. The molecule has 3 N–H and O–H groups in total. The molecular weight excluding hydrogens is 389 g/mol. The molecule has 0 bridgehead atoms. The summed E-state index contributed by atoms with van der Waals surface area (Å²) in [5.74, 6) is 1.55. The van der Waals surface area contributed by atoms with Gasteiger partial charge in [-0.25, -0.2) is 4.98 Å². The molecule has 7 nitrogen and oxygen atoms in total. The molecule has 0 saturated heterocycles. The standard InChI is InChI=1S/C19H19F3N4O3/c1-28-15-9-13-14(10-16(15)29-2)25-18(26-17(13)23-7-8-27)24-12-5-3-11(4-6-12)19(20,21)22/h3-6,9-10,27H,7-8H2,1-2H3,(H2,23,24,25,26). The van der Waals surface area contributed by atoms with Crippen molar-refractivity contribution < 1.29 is 27.8 Å². The Balaban J connectivity index is 2.01. The number of rotatable bonds is 7. The first-order valence-corrected chi connectivity index (χ1v) is 8.58. The molecule has 0 saturated carbocycles. The van der Waals surface area contributed by atoms with E-state index >= 15 is 0 Å². The van der Waals surface area contributed by atoms with Gasteiger partial charge in [-0.3, -0.25) is 0 Å². The summed E-state index contributed by atoms with van der Waals surface area (Å²) < 4.78 is 48.8. The van der Waals surface area contributed by atoms with Crippen molar-refractivity contribution in [2.24, 2.45) is 0 Å². The van der Waals surface area contributed by atoms with Crippen LogP contribution in [0, 0.1) is 0 Å². The van der Waals surface area contributed by atoms with Crippen LogP contribution in [0.15, 0.2) is 36.4 Å². The minimum absolute atomic E-state index is 0.111. The van der Waals surface area contributed by atoms with Crippen LogP contribution in [-0.2, 0) is 6.18 Å². The zero-order valence-corrected chi connectivity index (χ0v) is 15.7. The molecule has 2 aromatic carbocycles. The third-order valence-electron chi connectivity index (χ3n) is 4.07. The number of benzene rings is 2. The van der Waals surface area contributed by atoms with E-state index in [0.717, 1.165) is 12.1 Å². The van der Waals surface area contributed by atoms with E-state index < -0.39 is 11.7 Å². The number of alkyl halides is 3. The van der Waals surface area contributed by atoms with Gasteiger partial charge in [0.25, 0.3) is 0 Å². The van der Waals surface area contributed by atoms with Crippen molar-refractivity contribution in [3.63, 3.8) is 0 Å². The van der Waals surface area contributed by atoms with Crippen molar-refractivity contribution in [2.45, 2.75) is 6.18 Å². The number of hydrogen-bond donors (Lipinski definition) is 3. The fourth-order valence-corrected chi connectivity index (χ4v) is 2.69. The van der Waals surface area contributed by atoms with E-state index in [4.69, 9.17) is 14.6 Å². The predicted molar refractivity (Wildman–Crippen MR) is 103 cm³/mol. The third kappa shape index (κ3) is 4.60. The maximum absolute atomic E-state index is 12.7. The molecule has 0 aliphatic rings. The van der Waals surface area contributed by atoms with Gasteiger partial charge >= 0.3 is 6.18 Å². The molecule has 3 rings (SSSR count). The van der Waals surface area contributed by atoms with Crippen LogP contribution < -0.4 is 20.1 Å². The van der Waals surface area contributed by atoms with Gasteiger partial charge in [0.05, 0.1) is 31.9 Å². The summed E-state index contributed by atoms with van der Waals surface area (Å²) in [7, 11) is 3.00. The molecule has 1 heterocycles. The summed E-state index contributed by atoms with van der Waals surface area (Å²) in [5, 5.41) is 15.6. The van der Waals surface area contributed by atoms with E-state index in [-0.39, 0.29) is 19.1 Å². The molecule has 0 aliphatic carbocycles. The van der Waals surface area contributed by atoms with Crippen LogP contribution in [-0.4, -0.2) is 42.4 Å². The Labute approximate surface area is 164 Å². The Kier molecular flexibility index (Phi) is 5.92. The van der Waals surface area contributed by atoms with E-state index in [0.29, 0.717) is 33.9 Å². The summed E-state index contributed by atoms with van der Waals surface area (Å²) >= 11 is 0. The minimum atomic E-state index is -4.41. The molecule has 29 heavy (non-hydrogen) atoms. The summed E-state index contributed by atoms with van der Waals surface area (Å²) in [6.45, 7) is 0.140. The lowest BCUT2D eigenvalue weighted by molar-refractivity contribution is -0.137. The molecule has 3 aromatic rings. The van der Waals surface area contributed by atoms with Crippen LogP contribution in [0.4, 0.5) is 30.6 Å². The number of ether oxygens (including phenoxy) is 2. The van der Waals surface area contributed by atoms with Gasteiger partial charge in [-0.05, 0) is 30.3 Å². The second kappa shape index (κ2) is 8.39. The molecule has 0 spiro atoms. The number of hydrogen-bond acceptors (Lipinski definition) is 7. The Hall–Kier alpha value is -3.27. The summed E-state index contributed by atoms with van der Waals surface area (Å²) in [6, 6.07) is 7.91. The average molecular weight is 408 g/mol. The van der Waals surface area contributed by atoms with Crippen molar-refractivity contribution >= 4 is 28.4 Å². The average Bonchev–Trinajstić information content (AvgIpc) is 2.70. The molecule has 0 atom stereocenters. The quantitative estimate of drug-likeness (QED) is 0.548. The summed E-state index contributed by atoms with van der Waals surface area (Å²) in [5.41, 5.74) is 0.169. The van der Waals surface area contributed by atoms with E-state index in [9.17, 15) is 13.2 Å². The van der Waals surface area contributed by atoms with Crippen molar-refractivity contribution in [3.8, 4) is 11.5 Å². The van der Waals surface area contributed by atoms with Crippen molar-refractivity contribution in [2.75, 3.05) is 38.0 Å². The van der Waals surface area contributed by atoms with Gasteiger partial charge in [0.2, 0.25) is 5.95 Å². The fourth-order valence-electron chi connectivity index (χ4n) is 2.69. The number of aromatic nitrogens is 2. The highest BCUT2D eigenvalue weighted by Gasteiger charge is 2.30. The molecule has 1 aromatic heterocycles. The topological polar surface area (TPSA) is 88.5 Å². The van der Waals surface area contributed by atoms with E-state index in [2.05, 4.69) is 20.6 Å². The molecule has 0 radical (unpaired) electrons. The number of nitrogens with one attached hydrogen (secondary N) is 2. The van der Waals surface area contributed by atoms with Crippen molar-refractivity contribution in [1.29, 1.82) is 0 Å². The van der Waals surface area contributed by atoms with Gasteiger partial charge in [0.1, 0.15) is 5.82 Å². The minimum Gasteiger partial charge on any atom is -0.493 e. The van der Waals surface area contributed by atoms with Crippen molar-refractivity contribution in [3.05, 3.63) is 42.0 Å². The lowest BCUT2D eigenvalue weighted by Gasteiger charge is -2.14. The zero-order chi connectivity index (χ0) is 21.0. The number of methoxy groups -OCH3 is 2. The van der Waals surface area contributed by atoms with Crippen LogP contribution in [0.5, 0.6) is 11.5 Å². The third-order valence-corrected chi connectivity index (χ3v) is 4.07. The highest BCUT2D eigenvalue weighted by molar-refractivity contribution is 5.93. The normalized spacial score (nSPS) is 11.4. The van der Waals surface area contributed by atoms with Gasteiger partial charge in [0.15, 0.2) is 11.5 Å². The van der Waals surface area contributed by atoms with Gasteiger partial charge in [0, 0.05) is 23.7 Å². The largest absolute Gasteiger partial charge is 0.493 e. The Morgan fingerprint density at radius 2 is 1.66 bits per heavy atom. The molecule has 10 heteroatoms. The van der Waals surface area contributed by atoms with Gasteiger partial charge in [-0.2, -0.15) is 18.2 Å². The van der Waals surface area contributed by atoms with Crippen LogP contribution in [0.25, 0.3) is 10.9 Å². The number of anilines is 3. The second-order valence-electron chi connectivity index (χ2n) is 5.97. The lowest BCUT2D eigenvalue weighted by atomic mass is 10.2. The monoisotopic (exact) mass is 408 g/mol. The van der Waals surface area contributed by atoms with Gasteiger partial charge in [-0.1, -0.05) is 0 Å². The second-order valence-corrected chi connectivity index (χ2v) is 5.97. The van der Waals surface area contributed by atoms with E-state index in [1.807, 2.05) is 0 Å². The molecule has 0 amide bonds. The number of aliphatic hydroxyl groups is 1. The number of aliphatic hydroxyl groups excluding tert-OH is 1. The van der Waals surface area contributed by atoms with Crippen molar-refractivity contribution in [1.82, 2.24) is 9.97 Å². The number of halogens is 3. The van der Waals surface area contributed by atoms with Crippen LogP contribution >= 0.6 is 0 Å². The van der Waals surface area contributed by atoms with Crippen LogP contribution in [0.1, 0.15) is 5.56 Å². The Morgan fingerprint density at radius 3 is 2.24 bits per heavy atom. The highest BCUT2D eigenvalue weighted by Crippen LogP contribution is 2.35. The smallest absolute Gasteiger partial charge is 0.416 e. The molecular formula is C19H19F3N4O3. The molecule has 0 unspecified atom stereocenters. The first-order chi connectivity index (χ1) is 13.9. The summed E-state index contributed by atoms with van der Waals surface area (Å²) in [4.78, 5) is 8.78. The van der Waals surface area contributed by atoms with Gasteiger partial charge < -0.3 is 25.2 Å². The van der Waals surface area contributed by atoms with Crippen LogP contribution in [0.3, 0.4) is 0 Å². The first-order valence-electron chi connectivity index (χ1n) is 8.58. The van der Waals surface area contributed by atoms with E-state index in [1.165, 1.54) is 26.4 Å².